The van der Waals surface area contributed by atoms with Crippen LogP contribution < -0.4 is 5.73 Å². The Hall–Kier alpha value is -1.62. The Bertz CT molecular complexity index is 578. The predicted octanol–water partition coefficient (Wildman–Crippen LogP) is 3.71. The number of pyridine rings is 1. The van der Waals surface area contributed by atoms with Crippen molar-refractivity contribution in [3.05, 3.63) is 41.7 Å². The predicted molar refractivity (Wildman–Crippen MR) is 68.8 cm³/mol. The van der Waals surface area contributed by atoms with Gasteiger partial charge in [0.05, 0.1) is 5.56 Å². The molecule has 0 amide bonds. The molecule has 19 heavy (non-hydrogen) atoms. The minimum Gasteiger partial charge on any atom is -0.330 e. The standard InChI is InChI=1S/C14H15F3N2/c1-9(4-5-18)10-2-3-12-11(6-10)7-19-8-13(12)14(15,16)17/h2-3,6-9H,4-5,18H2,1H3. The van der Waals surface area contributed by atoms with Gasteiger partial charge in [-0.15, -0.1) is 0 Å². The van der Waals surface area contributed by atoms with Crippen LogP contribution in [0.5, 0.6) is 0 Å². The average molecular weight is 268 g/mol. The van der Waals surface area contributed by atoms with Gasteiger partial charge in [-0.3, -0.25) is 4.98 Å². The van der Waals surface area contributed by atoms with E-state index in [1.54, 1.807) is 12.1 Å². The molecular formula is C14H15F3N2. The van der Waals surface area contributed by atoms with Gasteiger partial charge in [-0.2, -0.15) is 13.2 Å². The van der Waals surface area contributed by atoms with Gasteiger partial charge in [-0.05, 0) is 35.9 Å². The van der Waals surface area contributed by atoms with E-state index in [1.807, 2.05) is 6.92 Å². The molecule has 102 valence electrons. The number of aromatic nitrogens is 1. The lowest BCUT2D eigenvalue weighted by Gasteiger charge is -2.13. The van der Waals surface area contributed by atoms with Crippen molar-refractivity contribution < 1.29 is 13.2 Å². The maximum absolute atomic E-state index is 12.8. The highest BCUT2D eigenvalue weighted by molar-refractivity contribution is 5.85. The van der Waals surface area contributed by atoms with E-state index in [2.05, 4.69) is 4.98 Å². The fourth-order valence-corrected chi connectivity index (χ4v) is 2.14. The number of fused-ring (bicyclic) bond motifs is 1. The Morgan fingerprint density at radius 3 is 2.63 bits per heavy atom. The normalized spacial score (nSPS) is 13.7. The van der Waals surface area contributed by atoms with E-state index >= 15 is 0 Å². The van der Waals surface area contributed by atoms with E-state index < -0.39 is 11.7 Å². The van der Waals surface area contributed by atoms with Gasteiger partial charge < -0.3 is 5.73 Å². The van der Waals surface area contributed by atoms with Gasteiger partial charge in [-0.25, -0.2) is 0 Å². The van der Waals surface area contributed by atoms with Gasteiger partial charge in [0.2, 0.25) is 0 Å². The maximum atomic E-state index is 12.8. The van der Waals surface area contributed by atoms with Crippen molar-refractivity contribution in [3.8, 4) is 0 Å². The number of hydrogen-bond donors (Lipinski definition) is 1. The van der Waals surface area contributed by atoms with Gasteiger partial charge in [0.1, 0.15) is 0 Å². The first kappa shape index (κ1) is 13.8. The Morgan fingerprint density at radius 2 is 2.00 bits per heavy atom. The van der Waals surface area contributed by atoms with E-state index in [0.717, 1.165) is 18.2 Å². The van der Waals surface area contributed by atoms with Gasteiger partial charge in [0, 0.05) is 17.8 Å². The minimum absolute atomic E-state index is 0.186. The Kier molecular flexibility index (Phi) is 3.75. The van der Waals surface area contributed by atoms with Gasteiger partial charge in [-0.1, -0.05) is 19.1 Å². The topological polar surface area (TPSA) is 38.9 Å². The molecule has 2 nitrogen and oxygen atoms in total. The fraction of sp³-hybridized carbons (Fsp3) is 0.357. The first-order valence-corrected chi connectivity index (χ1v) is 6.08. The highest BCUT2D eigenvalue weighted by Crippen LogP contribution is 2.35. The van der Waals surface area contributed by atoms with Crippen molar-refractivity contribution in [1.82, 2.24) is 4.98 Å². The number of benzene rings is 1. The summed E-state index contributed by atoms with van der Waals surface area (Å²) in [5.74, 6) is 0.226. The lowest BCUT2D eigenvalue weighted by atomic mass is 9.95. The molecule has 2 N–H and O–H groups in total. The number of rotatable bonds is 3. The molecule has 1 heterocycles. The number of nitrogens with zero attached hydrogens (tertiary/aromatic N) is 1. The molecule has 0 bridgehead atoms. The molecule has 0 aliphatic heterocycles. The molecule has 0 radical (unpaired) electrons. The first-order valence-electron chi connectivity index (χ1n) is 6.08. The molecule has 0 spiro atoms. The lowest BCUT2D eigenvalue weighted by Crippen LogP contribution is -2.07. The van der Waals surface area contributed by atoms with Crippen LogP contribution in [0.3, 0.4) is 0 Å². The van der Waals surface area contributed by atoms with Crippen LogP contribution in [-0.4, -0.2) is 11.5 Å². The van der Waals surface area contributed by atoms with E-state index in [4.69, 9.17) is 5.73 Å². The van der Waals surface area contributed by atoms with Gasteiger partial charge in [0.25, 0.3) is 0 Å². The quantitative estimate of drug-likeness (QED) is 0.921. The number of nitrogens with two attached hydrogens (primary N) is 1. The zero-order valence-corrected chi connectivity index (χ0v) is 10.5. The molecule has 0 saturated carbocycles. The average Bonchev–Trinajstić information content (AvgIpc) is 2.36. The monoisotopic (exact) mass is 268 g/mol. The summed E-state index contributed by atoms with van der Waals surface area (Å²) in [5, 5.41) is 0.697. The molecule has 1 aromatic carbocycles. The second-order valence-corrected chi connectivity index (χ2v) is 4.64. The van der Waals surface area contributed by atoms with Crippen molar-refractivity contribution in [2.45, 2.75) is 25.4 Å². The Morgan fingerprint density at radius 1 is 1.26 bits per heavy atom. The largest absolute Gasteiger partial charge is 0.418 e. The van der Waals surface area contributed by atoms with Crippen LogP contribution in [-0.2, 0) is 6.18 Å². The molecule has 2 aromatic rings. The summed E-state index contributed by atoms with van der Waals surface area (Å²) in [6, 6.07) is 5.01. The summed E-state index contributed by atoms with van der Waals surface area (Å²) in [6.45, 7) is 2.56. The van der Waals surface area contributed by atoms with E-state index in [-0.39, 0.29) is 11.3 Å². The molecule has 0 saturated heterocycles. The van der Waals surface area contributed by atoms with Crippen LogP contribution in [0.4, 0.5) is 13.2 Å². The van der Waals surface area contributed by atoms with Crippen molar-refractivity contribution >= 4 is 10.8 Å². The second kappa shape index (κ2) is 5.17. The van der Waals surface area contributed by atoms with Crippen LogP contribution in [0.25, 0.3) is 10.8 Å². The Labute approximate surface area is 109 Å². The van der Waals surface area contributed by atoms with Crippen molar-refractivity contribution in [2.75, 3.05) is 6.54 Å². The highest BCUT2D eigenvalue weighted by atomic mass is 19.4. The van der Waals surface area contributed by atoms with Crippen LogP contribution in [0.2, 0.25) is 0 Å². The van der Waals surface area contributed by atoms with Crippen molar-refractivity contribution in [3.63, 3.8) is 0 Å². The number of halogens is 3. The highest BCUT2D eigenvalue weighted by Gasteiger charge is 2.32. The SMILES string of the molecule is CC(CCN)c1ccc2c(C(F)(F)F)cncc2c1. The van der Waals surface area contributed by atoms with Crippen LogP contribution in [0.1, 0.15) is 30.4 Å². The van der Waals surface area contributed by atoms with Crippen LogP contribution in [0.15, 0.2) is 30.6 Å². The van der Waals surface area contributed by atoms with Crippen LogP contribution in [0, 0.1) is 0 Å². The first-order chi connectivity index (χ1) is 8.93. The summed E-state index contributed by atoms with van der Waals surface area (Å²) in [7, 11) is 0. The second-order valence-electron chi connectivity index (χ2n) is 4.64. The third kappa shape index (κ3) is 2.87. The smallest absolute Gasteiger partial charge is 0.330 e. The molecule has 0 aliphatic carbocycles. The minimum atomic E-state index is -4.38. The lowest BCUT2D eigenvalue weighted by molar-refractivity contribution is -0.136. The van der Waals surface area contributed by atoms with Crippen molar-refractivity contribution in [1.29, 1.82) is 0 Å². The summed E-state index contributed by atoms with van der Waals surface area (Å²) in [4.78, 5) is 3.68. The van der Waals surface area contributed by atoms with Gasteiger partial charge in [0.15, 0.2) is 0 Å². The van der Waals surface area contributed by atoms with Crippen molar-refractivity contribution in [2.24, 2.45) is 5.73 Å². The summed E-state index contributed by atoms with van der Waals surface area (Å²) in [5.41, 5.74) is 5.79. The zero-order valence-electron chi connectivity index (χ0n) is 10.5. The van der Waals surface area contributed by atoms with E-state index in [0.29, 0.717) is 11.9 Å². The maximum Gasteiger partial charge on any atom is 0.418 e. The third-order valence-electron chi connectivity index (χ3n) is 3.26. The zero-order chi connectivity index (χ0) is 14.0. The molecule has 1 unspecified atom stereocenters. The molecule has 0 fully saturated rings. The summed E-state index contributed by atoms with van der Waals surface area (Å²) in [6.07, 6.45) is -1.25. The molecule has 5 heteroatoms. The molecular weight excluding hydrogens is 253 g/mol. The number of alkyl halides is 3. The summed E-state index contributed by atoms with van der Waals surface area (Å²) < 4.78 is 38.5. The summed E-state index contributed by atoms with van der Waals surface area (Å²) >= 11 is 0. The molecule has 2 rings (SSSR count). The Balaban J connectivity index is 2.51. The molecule has 1 atom stereocenters. The third-order valence-corrected chi connectivity index (χ3v) is 3.26. The van der Waals surface area contributed by atoms with E-state index in [9.17, 15) is 13.2 Å². The number of hydrogen-bond acceptors (Lipinski definition) is 2. The fourth-order valence-electron chi connectivity index (χ4n) is 2.14. The molecule has 0 aliphatic rings. The molecule has 1 aromatic heterocycles. The van der Waals surface area contributed by atoms with E-state index in [1.165, 1.54) is 12.3 Å². The van der Waals surface area contributed by atoms with Crippen LogP contribution >= 0.6 is 0 Å². The van der Waals surface area contributed by atoms with Gasteiger partial charge >= 0.3 is 6.18 Å².